The van der Waals surface area contributed by atoms with Crippen LogP contribution in [0, 0.1) is 0 Å². The Balaban J connectivity index is 1.50. The van der Waals surface area contributed by atoms with Crippen molar-refractivity contribution in [2.45, 2.75) is 18.4 Å². The molecule has 0 aromatic heterocycles. The SMILES string of the molecule is O=C(COc1ccccc1Cl)NC1(C(=O)NCCNC(=O)c2ccc(Cl)cc2)CCNCC1. The highest BCUT2D eigenvalue weighted by atomic mass is 35.5. The summed E-state index contributed by atoms with van der Waals surface area (Å²) in [4.78, 5) is 37.7. The van der Waals surface area contributed by atoms with Crippen LogP contribution in [-0.2, 0) is 9.59 Å². The molecule has 0 bridgehead atoms. The van der Waals surface area contributed by atoms with E-state index in [0.29, 0.717) is 47.3 Å². The Morgan fingerprint density at radius 1 is 0.939 bits per heavy atom. The molecule has 3 rings (SSSR count). The highest BCUT2D eigenvalue weighted by Crippen LogP contribution is 2.23. The molecule has 1 saturated heterocycles. The van der Waals surface area contributed by atoms with Crippen molar-refractivity contribution in [2.75, 3.05) is 32.8 Å². The predicted molar refractivity (Wildman–Crippen MR) is 127 cm³/mol. The van der Waals surface area contributed by atoms with E-state index in [1.807, 2.05) is 0 Å². The van der Waals surface area contributed by atoms with E-state index in [4.69, 9.17) is 27.9 Å². The number of nitrogens with one attached hydrogen (secondary N) is 4. The smallest absolute Gasteiger partial charge is 0.258 e. The van der Waals surface area contributed by atoms with Crippen molar-refractivity contribution in [1.82, 2.24) is 21.3 Å². The molecule has 8 nitrogen and oxygen atoms in total. The van der Waals surface area contributed by atoms with Gasteiger partial charge in [-0.3, -0.25) is 14.4 Å². The van der Waals surface area contributed by atoms with Crippen LogP contribution in [0.15, 0.2) is 48.5 Å². The van der Waals surface area contributed by atoms with E-state index in [2.05, 4.69) is 21.3 Å². The molecule has 1 aliphatic heterocycles. The minimum atomic E-state index is -1.05. The Labute approximate surface area is 202 Å². The normalized spacial score (nSPS) is 14.7. The Morgan fingerprint density at radius 3 is 2.30 bits per heavy atom. The van der Waals surface area contributed by atoms with Gasteiger partial charge >= 0.3 is 0 Å². The maximum atomic E-state index is 13.0. The number of amides is 3. The number of carbonyl (C=O) groups is 3. The van der Waals surface area contributed by atoms with Gasteiger partial charge in [0.25, 0.3) is 11.8 Å². The van der Waals surface area contributed by atoms with Gasteiger partial charge < -0.3 is 26.0 Å². The fourth-order valence-corrected chi connectivity index (χ4v) is 3.81. The molecule has 10 heteroatoms. The zero-order valence-electron chi connectivity index (χ0n) is 18.0. The quantitative estimate of drug-likeness (QED) is 0.401. The Morgan fingerprint density at radius 2 is 1.61 bits per heavy atom. The lowest BCUT2D eigenvalue weighted by Gasteiger charge is -2.37. The topological polar surface area (TPSA) is 109 Å². The lowest BCUT2D eigenvalue weighted by Crippen LogP contribution is -2.63. The number of hydrogen-bond donors (Lipinski definition) is 4. The van der Waals surface area contributed by atoms with Crippen LogP contribution in [0.5, 0.6) is 5.75 Å². The molecule has 0 aliphatic carbocycles. The maximum Gasteiger partial charge on any atom is 0.258 e. The molecule has 0 unspecified atom stereocenters. The van der Waals surface area contributed by atoms with Crippen molar-refractivity contribution in [1.29, 1.82) is 0 Å². The molecule has 0 atom stereocenters. The van der Waals surface area contributed by atoms with Crippen molar-refractivity contribution in [3.63, 3.8) is 0 Å². The van der Waals surface area contributed by atoms with Gasteiger partial charge in [-0.15, -0.1) is 0 Å². The standard InChI is InChI=1S/C23H26Cl2N4O4/c24-17-7-5-16(6-8-17)21(31)27-13-14-28-22(32)23(9-11-26-12-10-23)29-20(30)15-33-19-4-2-1-3-18(19)25/h1-8,26H,9-15H2,(H,27,31)(H,28,32)(H,29,30). The second-order valence-electron chi connectivity index (χ2n) is 7.62. The fraction of sp³-hybridized carbons (Fsp3) is 0.348. The number of carbonyl (C=O) groups excluding carboxylic acids is 3. The number of benzene rings is 2. The zero-order chi connectivity index (χ0) is 23.7. The average molecular weight is 493 g/mol. The van der Waals surface area contributed by atoms with Crippen LogP contribution >= 0.6 is 23.2 Å². The van der Waals surface area contributed by atoms with E-state index >= 15 is 0 Å². The molecule has 0 spiro atoms. The predicted octanol–water partition coefficient (Wildman–Crippen LogP) is 2.16. The molecule has 1 heterocycles. The summed E-state index contributed by atoms with van der Waals surface area (Å²) in [6, 6.07) is 13.4. The summed E-state index contributed by atoms with van der Waals surface area (Å²) >= 11 is 11.9. The van der Waals surface area contributed by atoms with Crippen molar-refractivity contribution in [2.24, 2.45) is 0 Å². The maximum absolute atomic E-state index is 13.0. The number of ether oxygens (including phenoxy) is 1. The van der Waals surface area contributed by atoms with Crippen LogP contribution in [0.25, 0.3) is 0 Å². The van der Waals surface area contributed by atoms with Gasteiger partial charge in [0, 0.05) is 23.7 Å². The van der Waals surface area contributed by atoms with E-state index in [-0.39, 0.29) is 31.5 Å². The number of para-hydroxylation sites is 1. The van der Waals surface area contributed by atoms with Gasteiger partial charge in [0.2, 0.25) is 5.91 Å². The van der Waals surface area contributed by atoms with Crippen molar-refractivity contribution >= 4 is 40.9 Å². The molecule has 33 heavy (non-hydrogen) atoms. The summed E-state index contributed by atoms with van der Waals surface area (Å²) in [7, 11) is 0. The molecule has 2 aromatic carbocycles. The van der Waals surface area contributed by atoms with Gasteiger partial charge in [0.05, 0.1) is 5.02 Å². The summed E-state index contributed by atoms with van der Waals surface area (Å²) in [6.07, 6.45) is 0.877. The molecular weight excluding hydrogens is 467 g/mol. The fourth-order valence-electron chi connectivity index (χ4n) is 3.50. The third-order valence-corrected chi connectivity index (χ3v) is 5.83. The zero-order valence-corrected chi connectivity index (χ0v) is 19.5. The van der Waals surface area contributed by atoms with Crippen molar-refractivity contribution in [3.05, 3.63) is 64.1 Å². The summed E-state index contributed by atoms with van der Waals surface area (Å²) in [5.41, 5.74) is -0.571. The van der Waals surface area contributed by atoms with Crippen LogP contribution < -0.4 is 26.0 Å². The van der Waals surface area contributed by atoms with Crippen LogP contribution in [0.2, 0.25) is 10.0 Å². The van der Waals surface area contributed by atoms with Crippen molar-refractivity contribution < 1.29 is 19.1 Å². The monoisotopic (exact) mass is 492 g/mol. The van der Waals surface area contributed by atoms with Crippen LogP contribution in [0.4, 0.5) is 0 Å². The Hall–Kier alpha value is -2.81. The van der Waals surface area contributed by atoms with E-state index in [1.54, 1.807) is 48.5 Å². The van der Waals surface area contributed by atoms with Crippen LogP contribution in [0.3, 0.4) is 0 Å². The van der Waals surface area contributed by atoms with Crippen molar-refractivity contribution in [3.8, 4) is 5.75 Å². The Kier molecular flexibility index (Phi) is 8.94. The minimum absolute atomic E-state index is 0.222. The molecule has 1 aliphatic rings. The second-order valence-corrected chi connectivity index (χ2v) is 8.46. The first-order valence-electron chi connectivity index (χ1n) is 10.6. The third kappa shape index (κ3) is 7.08. The Bertz CT molecular complexity index is 979. The van der Waals surface area contributed by atoms with E-state index in [1.165, 1.54) is 0 Å². The molecule has 0 saturated carbocycles. The molecular formula is C23H26Cl2N4O4. The van der Waals surface area contributed by atoms with Gasteiger partial charge in [-0.05, 0) is 62.3 Å². The summed E-state index contributed by atoms with van der Waals surface area (Å²) in [5, 5.41) is 12.5. The van der Waals surface area contributed by atoms with Gasteiger partial charge in [-0.25, -0.2) is 0 Å². The van der Waals surface area contributed by atoms with Gasteiger partial charge in [-0.1, -0.05) is 35.3 Å². The summed E-state index contributed by atoms with van der Waals surface area (Å²) in [5.74, 6) is -0.573. The second kappa shape index (κ2) is 11.9. The summed E-state index contributed by atoms with van der Waals surface area (Å²) < 4.78 is 5.49. The average Bonchev–Trinajstić information content (AvgIpc) is 2.82. The first kappa shape index (κ1) is 24.8. The number of piperidine rings is 1. The summed E-state index contributed by atoms with van der Waals surface area (Å²) in [6.45, 7) is 1.38. The van der Waals surface area contributed by atoms with Crippen LogP contribution in [-0.4, -0.2) is 56.0 Å². The largest absolute Gasteiger partial charge is 0.482 e. The van der Waals surface area contributed by atoms with Gasteiger partial charge in [0.15, 0.2) is 6.61 Å². The minimum Gasteiger partial charge on any atom is -0.482 e. The third-order valence-electron chi connectivity index (χ3n) is 5.27. The number of halogens is 2. The van der Waals surface area contributed by atoms with E-state index in [9.17, 15) is 14.4 Å². The molecule has 1 fully saturated rings. The van der Waals surface area contributed by atoms with Crippen LogP contribution in [0.1, 0.15) is 23.2 Å². The number of rotatable bonds is 9. The molecule has 176 valence electrons. The molecule has 4 N–H and O–H groups in total. The highest BCUT2D eigenvalue weighted by molar-refractivity contribution is 6.32. The van der Waals surface area contributed by atoms with Gasteiger partial charge in [-0.2, -0.15) is 0 Å². The van der Waals surface area contributed by atoms with E-state index in [0.717, 1.165) is 0 Å². The molecule has 3 amide bonds. The molecule has 0 radical (unpaired) electrons. The molecule has 2 aromatic rings. The lowest BCUT2D eigenvalue weighted by atomic mass is 9.87. The first-order chi connectivity index (χ1) is 15.9. The van der Waals surface area contributed by atoms with E-state index < -0.39 is 11.4 Å². The van der Waals surface area contributed by atoms with Gasteiger partial charge in [0.1, 0.15) is 11.3 Å². The number of hydrogen-bond acceptors (Lipinski definition) is 5. The lowest BCUT2D eigenvalue weighted by molar-refractivity contribution is -0.135. The highest BCUT2D eigenvalue weighted by Gasteiger charge is 2.40. The first-order valence-corrected chi connectivity index (χ1v) is 11.4.